The van der Waals surface area contributed by atoms with Gasteiger partial charge >= 0.3 is 5.97 Å². The fraction of sp³-hybridized carbons (Fsp3) is 0.727. The van der Waals surface area contributed by atoms with Crippen LogP contribution < -0.4 is 0 Å². The second-order valence-electron chi connectivity index (χ2n) is 4.24. The van der Waals surface area contributed by atoms with Crippen molar-refractivity contribution >= 4 is 5.97 Å². The fourth-order valence-corrected chi connectivity index (χ4v) is 2.16. The van der Waals surface area contributed by atoms with Gasteiger partial charge in [0.2, 0.25) is 5.89 Å². The highest BCUT2D eigenvalue weighted by Crippen LogP contribution is 2.20. The van der Waals surface area contributed by atoms with Crippen LogP contribution in [0.15, 0.2) is 4.52 Å². The van der Waals surface area contributed by atoms with E-state index < -0.39 is 0 Å². The molecule has 1 aromatic rings. The van der Waals surface area contributed by atoms with Crippen molar-refractivity contribution in [3.63, 3.8) is 0 Å². The van der Waals surface area contributed by atoms with Crippen LogP contribution in [0.4, 0.5) is 0 Å². The number of hydrogen-bond donors (Lipinski definition) is 0. The zero-order valence-electron chi connectivity index (χ0n) is 10.2. The van der Waals surface area contributed by atoms with Crippen molar-refractivity contribution in [1.29, 1.82) is 0 Å². The molecule has 0 saturated carbocycles. The molecular formula is C11H17N3O3. The van der Waals surface area contributed by atoms with Crippen LogP contribution in [0.1, 0.15) is 31.0 Å². The minimum Gasteiger partial charge on any atom is -0.468 e. The average Bonchev–Trinajstić information content (AvgIpc) is 2.74. The second kappa shape index (κ2) is 5.27. The Morgan fingerprint density at radius 1 is 1.59 bits per heavy atom. The maximum absolute atomic E-state index is 11.6. The van der Waals surface area contributed by atoms with Crippen LogP contribution >= 0.6 is 0 Å². The van der Waals surface area contributed by atoms with E-state index in [2.05, 4.69) is 10.1 Å². The Morgan fingerprint density at radius 3 is 3.06 bits per heavy atom. The molecule has 1 atom stereocenters. The highest BCUT2D eigenvalue weighted by molar-refractivity contribution is 5.75. The first kappa shape index (κ1) is 12.0. The number of aromatic nitrogens is 2. The maximum atomic E-state index is 11.6. The van der Waals surface area contributed by atoms with Gasteiger partial charge in [-0.3, -0.25) is 9.69 Å². The van der Waals surface area contributed by atoms with Crippen molar-refractivity contribution in [2.24, 2.45) is 0 Å². The molecule has 0 aliphatic carbocycles. The molecule has 1 aliphatic rings. The second-order valence-corrected chi connectivity index (χ2v) is 4.24. The van der Waals surface area contributed by atoms with Crippen LogP contribution in [0.3, 0.4) is 0 Å². The molecule has 0 bridgehead atoms. The molecule has 0 radical (unpaired) electrons. The first-order chi connectivity index (χ1) is 8.20. The topological polar surface area (TPSA) is 68.5 Å². The van der Waals surface area contributed by atoms with Crippen molar-refractivity contribution < 1.29 is 14.1 Å². The summed E-state index contributed by atoms with van der Waals surface area (Å²) < 4.78 is 9.89. The summed E-state index contributed by atoms with van der Waals surface area (Å²) in [7, 11) is 1.42. The van der Waals surface area contributed by atoms with E-state index in [-0.39, 0.29) is 12.0 Å². The van der Waals surface area contributed by atoms with Gasteiger partial charge in [-0.25, -0.2) is 0 Å². The number of nitrogens with zero attached hydrogens (tertiary/aromatic N) is 3. The lowest BCUT2D eigenvalue weighted by Crippen LogP contribution is -2.44. The van der Waals surface area contributed by atoms with Crippen molar-refractivity contribution in [1.82, 2.24) is 15.0 Å². The van der Waals surface area contributed by atoms with E-state index in [1.54, 1.807) is 6.92 Å². The van der Waals surface area contributed by atoms with E-state index in [0.717, 1.165) is 25.8 Å². The molecule has 1 fully saturated rings. The monoisotopic (exact) mass is 239 g/mol. The summed E-state index contributed by atoms with van der Waals surface area (Å²) in [6.07, 6.45) is 2.97. The van der Waals surface area contributed by atoms with Gasteiger partial charge in [0.25, 0.3) is 0 Å². The third kappa shape index (κ3) is 2.82. The number of aryl methyl sites for hydroxylation is 1. The summed E-state index contributed by atoms with van der Waals surface area (Å²) in [6.45, 7) is 3.16. The van der Waals surface area contributed by atoms with Crippen LogP contribution in [0.2, 0.25) is 0 Å². The molecular weight excluding hydrogens is 222 g/mol. The fourth-order valence-electron chi connectivity index (χ4n) is 2.16. The number of ether oxygens (including phenoxy) is 1. The SMILES string of the molecule is COC(=O)C1CCCCN1Cc1nc(C)no1. The smallest absolute Gasteiger partial charge is 0.323 e. The van der Waals surface area contributed by atoms with E-state index in [0.29, 0.717) is 18.3 Å². The molecule has 94 valence electrons. The number of piperidine rings is 1. The van der Waals surface area contributed by atoms with Gasteiger partial charge < -0.3 is 9.26 Å². The third-order valence-electron chi connectivity index (χ3n) is 2.99. The molecule has 0 amide bonds. The first-order valence-corrected chi connectivity index (χ1v) is 5.82. The molecule has 0 aromatic carbocycles. The average molecular weight is 239 g/mol. The summed E-state index contributed by atoms with van der Waals surface area (Å²) in [6, 6.07) is -0.180. The van der Waals surface area contributed by atoms with Gasteiger partial charge in [-0.2, -0.15) is 4.98 Å². The van der Waals surface area contributed by atoms with E-state index in [1.807, 2.05) is 4.90 Å². The Hall–Kier alpha value is -1.43. The number of carbonyl (C=O) groups is 1. The van der Waals surface area contributed by atoms with Gasteiger partial charge in [0.05, 0.1) is 13.7 Å². The van der Waals surface area contributed by atoms with Crippen LogP contribution in [-0.2, 0) is 16.1 Å². The maximum Gasteiger partial charge on any atom is 0.323 e. The van der Waals surface area contributed by atoms with Crippen LogP contribution in [-0.4, -0.2) is 40.7 Å². The molecule has 2 heterocycles. The Morgan fingerprint density at radius 2 is 2.41 bits per heavy atom. The standard InChI is InChI=1S/C11H17N3O3/c1-8-12-10(17-13-8)7-14-6-4-3-5-9(14)11(15)16-2/h9H,3-7H2,1-2H3. The predicted octanol–water partition coefficient (Wildman–Crippen LogP) is 0.906. The number of rotatable bonds is 3. The van der Waals surface area contributed by atoms with E-state index in [4.69, 9.17) is 9.26 Å². The van der Waals surface area contributed by atoms with Gasteiger partial charge in [-0.1, -0.05) is 11.6 Å². The Kier molecular flexibility index (Phi) is 3.73. The molecule has 17 heavy (non-hydrogen) atoms. The first-order valence-electron chi connectivity index (χ1n) is 5.82. The predicted molar refractivity (Wildman–Crippen MR) is 59.1 cm³/mol. The zero-order chi connectivity index (χ0) is 12.3. The summed E-state index contributed by atoms with van der Waals surface area (Å²) >= 11 is 0. The lowest BCUT2D eigenvalue weighted by molar-refractivity contribution is -0.148. The minimum atomic E-state index is -0.180. The molecule has 1 aromatic heterocycles. The number of carbonyl (C=O) groups excluding carboxylic acids is 1. The van der Waals surface area contributed by atoms with E-state index >= 15 is 0 Å². The van der Waals surface area contributed by atoms with Gasteiger partial charge in [-0.15, -0.1) is 0 Å². The van der Waals surface area contributed by atoms with Gasteiger partial charge in [0, 0.05) is 0 Å². The third-order valence-corrected chi connectivity index (χ3v) is 2.99. The molecule has 1 saturated heterocycles. The number of hydrogen-bond acceptors (Lipinski definition) is 6. The quantitative estimate of drug-likeness (QED) is 0.730. The van der Waals surface area contributed by atoms with Gasteiger partial charge in [-0.05, 0) is 26.3 Å². The molecule has 6 heteroatoms. The zero-order valence-corrected chi connectivity index (χ0v) is 10.2. The largest absolute Gasteiger partial charge is 0.468 e. The molecule has 1 unspecified atom stereocenters. The number of esters is 1. The van der Waals surface area contributed by atoms with Gasteiger partial charge in [0.15, 0.2) is 5.82 Å². The van der Waals surface area contributed by atoms with Crippen LogP contribution in [0.25, 0.3) is 0 Å². The summed E-state index contributed by atoms with van der Waals surface area (Å²) in [5.41, 5.74) is 0. The molecule has 6 nitrogen and oxygen atoms in total. The highest BCUT2D eigenvalue weighted by atomic mass is 16.5. The lowest BCUT2D eigenvalue weighted by atomic mass is 10.0. The Labute approximate surface area is 99.9 Å². The van der Waals surface area contributed by atoms with Crippen molar-refractivity contribution in [2.45, 2.75) is 38.8 Å². The number of methoxy groups -OCH3 is 1. The van der Waals surface area contributed by atoms with Crippen molar-refractivity contribution in [2.75, 3.05) is 13.7 Å². The van der Waals surface area contributed by atoms with Crippen LogP contribution in [0.5, 0.6) is 0 Å². The molecule has 1 aliphatic heterocycles. The molecule has 0 N–H and O–H groups in total. The summed E-state index contributed by atoms with van der Waals surface area (Å²) in [4.78, 5) is 17.8. The van der Waals surface area contributed by atoms with E-state index in [1.165, 1.54) is 7.11 Å². The van der Waals surface area contributed by atoms with E-state index in [9.17, 15) is 4.79 Å². The highest BCUT2D eigenvalue weighted by Gasteiger charge is 2.30. The number of likely N-dealkylation sites (tertiary alicyclic amines) is 1. The van der Waals surface area contributed by atoms with Crippen LogP contribution in [0, 0.1) is 6.92 Å². The van der Waals surface area contributed by atoms with Crippen molar-refractivity contribution in [3.8, 4) is 0 Å². The molecule has 2 rings (SSSR count). The Balaban J connectivity index is 2.03. The van der Waals surface area contributed by atoms with Crippen molar-refractivity contribution in [3.05, 3.63) is 11.7 Å². The molecule has 0 spiro atoms. The summed E-state index contributed by atoms with van der Waals surface area (Å²) in [5, 5.41) is 3.74. The Bertz CT molecular complexity index is 391. The lowest BCUT2D eigenvalue weighted by Gasteiger charge is -2.32. The minimum absolute atomic E-state index is 0.180. The van der Waals surface area contributed by atoms with Gasteiger partial charge in [0.1, 0.15) is 6.04 Å². The normalized spacial score (nSPS) is 21.4. The summed E-state index contributed by atoms with van der Waals surface area (Å²) in [5.74, 6) is 0.992.